The molecule has 0 saturated heterocycles. The molecule has 24 heavy (non-hydrogen) atoms. The zero-order valence-corrected chi connectivity index (χ0v) is 16.6. The van der Waals surface area contributed by atoms with E-state index in [1.54, 1.807) is 0 Å². The molecule has 0 aliphatic rings. The maximum atomic E-state index is 11.7. The average molecular weight is 344 g/mol. The quantitative estimate of drug-likeness (QED) is 0.704. The third-order valence-corrected chi connectivity index (χ3v) is 5.53. The van der Waals surface area contributed by atoms with Gasteiger partial charge < -0.3 is 4.89 Å². The first-order valence-corrected chi connectivity index (χ1v) is 10.8. The summed E-state index contributed by atoms with van der Waals surface area (Å²) >= 11 is 0. The highest BCUT2D eigenvalue weighted by molar-refractivity contribution is 7.56. The first-order chi connectivity index (χ1) is 11.1. The van der Waals surface area contributed by atoms with Crippen molar-refractivity contribution in [3.63, 3.8) is 0 Å². The van der Waals surface area contributed by atoms with Gasteiger partial charge in [0, 0.05) is 12.8 Å². The third kappa shape index (κ3) is 4.82. The molecule has 0 aliphatic heterocycles. The summed E-state index contributed by atoms with van der Waals surface area (Å²) in [6.45, 7) is 12.3. The lowest BCUT2D eigenvalue weighted by Gasteiger charge is -2.16. The second-order valence-electron chi connectivity index (χ2n) is 7.44. The minimum absolute atomic E-state index is 0.247. The highest BCUT2D eigenvalue weighted by Gasteiger charge is 2.14. The van der Waals surface area contributed by atoms with Crippen molar-refractivity contribution >= 4 is 7.37 Å². The average Bonchev–Trinajstić information content (AvgIpc) is 2.42. The fourth-order valence-electron chi connectivity index (χ4n) is 3.42. The second kappa shape index (κ2) is 7.25. The molecule has 0 aromatic heterocycles. The molecule has 3 heteroatoms. The number of hydrogen-bond donors (Lipinski definition) is 1. The van der Waals surface area contributed by atoms with Crippen LogP contribution in [0.2, 0.25) is 0 Å². The van der Waals surface area contributed by atoms with E-state index in [-0.39, 0.29) is 6.16 Å². The molecule has 0 bridgehead atoms. The highest BCUT2D eigenvalue weighted by atomic mass is 31.2. The molecule has 0 amide bonds. The monoisotopic (exact) mass is 344 g/mol. The SMILES string of the molecule is Cc1ccc(Cc2c(C)cc(CP(C)(=O)O)cc2C)cc1C(C)C. The lowest BCUT2D eigenvalue weighted by Crippen LogP contribution is -2.00. The molecule has 0 heterocycles. The molecule has 2 nitrogen and oxygen atoms in total. The lowest BCUT2D eigenvalue weighted by molar-refractivity contribution is 0.484. The van der Waals surface area contributed by atoms with Crippen LogP contribution in [0.1, 0.15) is 58.7 Å². The van der Waals surface area contributed by atoms with Crippen LogP contribution in [0.25, 0.3) is 0 Å². The van der Waals surface area contributed by atoms with Crippen LogP contribution in [0.3, 0.4) is 0 Å². The van der Waals surface area contributed by atoms with Gasteiger partial charge in [0.1, 0.15) is 0 Å². The predicted molar refractivity (Wildman–Crippen MR) is 103 cm³/mol. The summed E-state index contributed by atoms with van der Waals surface area (Å²) in [5.41, 5.74) is 8.75. The molecule has 0 fully saturated rings. The van der Waals surface area contributed by atoms with Gasteiger partial charge in [-0.3, -0.25) is 4.57 Å². The van der Waals surface area contributed by atoms with Crippen LogP contribution >= 0.6 is 7.37 Å². The van der Waals surface area contributed by atoms with Gasteiger partial charge >= 0.3 is 0 Å². The number of hydrogen-bond acceptors (Lipinski definition) is 1. The molecule has 0 spiro atoms. The summed E-state index contributed by atoms with van der Waals surface area (Å²) in [5, 5.41) is 0. The summed E-state index contributed by atoms with van der Waals surface area (Å²) in [6.07, 6.45) is 1.15. The lowest BCUT2D eigenvalue weighted by atomic mass is 9.90. The molecule has 1 atom stereocenters. The van der Waals surface area contributed by atoms with Crippen LogP contribution in [0.5, 0.6) is 0 Å². The van der Waals surface area contributed by atoms with E-state index >= 15 is 0 Å². The minimum Gasteiger partial charge on any atom is -0.344 e. The van der Waals surface area contributed by atoms with Gasteiger partial charge in [-0.15, -0.1) is 0 Å². The maximum absolute atomic E-state index is 11.7. The standard InChI is InChI=1S/C21H29O2P/c1-14(2)20-11-18(8-7-15(20)3)12-21-16(4)9-19(10-17(21)5)13-24(6,22)23/h7-11,14H,12-13H2,1-6H3,(H,22,23). The second-order valence-corrected chi connectivity index (χ2v) is 9.86. The molecule has 1 N–H and O–H groups in total. The summed E-state index contributed by atoms with van der Waals surface area (Å²) < 4.78 is 11.7. The minimum atomic E-state index is -3.03. The topological polar surface area (TPSA) is 37.3 Å². The zero-order valence-electron chi connectivity index (χ0n) is 15.7. The Kier molecular flexibility index (Phi) is 5.73. The van der Waals surface area contributed by atoms with Gasteiger partial charge in [0.2, 0.25) is 7.37 Å². The molecule has 0 aliphatic carbocycles. The highest BCUT2D eigenvalue weighted by Crippen LogP contribution is 2.40. The van der Waals surface area contributed by atoms with E-state index in [2.05, 4.69) is 65.0 Å². The number of aryl methyl sites for hydroxylation is 3. The smallest absolute Gasteiger partial charge is 0.201 e. The van der Waals surface area contributed by atoms with E-state index in [4.69, 9.17) is 0 Å². The first-order valence-electron chi connectivity index (χ1n) is 8.54. The van der Waals surface area contributed by atoms with E-state index in [0.717, 1.165) is 12.0 Å². The van der Waals surface area contributed by atoms with Crippen molar-refractivity contribution in [3.8, 4) is 0 Å². The van der Waals surface area contributed by atoms with Crippen LogP contribution in [-0.2, 0) is 17.1 Å². The molecular formula is C21H29O2P. The molecular weight excluding hydrogens is 315 g/mol. The van der Waals surface area contributed by atoms with E-state index in [1.165, 1.54) is 40.0 Å². The number of rotatable bonds is 5. The molecule has 1 unspecified atom stereocenters. The molecule has 2 aromatic carbocycles. The summed E-state index contributed by atoms with van der Waals surface area (Å²) in [4.78, 5) is 9.62. The Balaban J connectivity index is 2.34. The van der Waals surface area contributed by atoms with E-state index in [9.17, 15) is 9.46 Å². The van der Waals surface area contributed by atoms with Crippen molar-refractivity contribution in [1.29, 1.82) is 0 Å². The number of benzene rings is 2. The van der Waals surface area contributed by atoms with Crippen molar-refractivity contribution < 1.29 is 9.46 Å². The normalized spacial score (nSPS) is 14.0. The van der Waals surface area contributed by atoms with E-state index in [0.29, 0.717) is 5.92 Å². The third-order valence-electron chi connectivity index (χ3n) is 4.58. The van der Waals surface area contributed by atoms with Crippen molar-refractivity contribution in [2.45, 2.75) is 53.1 Å². The van der Waals surface area contributed by atoms with Gasteiger partial charge in [-0.1, -0.05) is 44.2 Å². The van der Waals surface area contributed by atoms with Crippen LogP contribution < -0.4 is 0 Å². The molecule has 2 aromatic rings. The Morgan fingerprint density at radius 3 is 2.04 bits per heavy atom. The Morgan fingerprint density at radius 2 is 1.54 bits per heavy atom. The van der Waals surface area contributed by atoms with Crippen molar-refractivity contribution in [1.82, 2.24) is 0 Å². The predicted octanol–water partition coefficient (Wildman–Crippen LogP) is 5.73. The largest absolute Gasteiger partial charge is 0.344 e. The van der Waals surface area contributed by atoms with Crippen LogP contribution in [0, 0.1) is 20.8 Å². The Bertz CT molecular complexity index is 761. The van der Waals surface area contributed by atoms with Crippen molar-refractivity contribution in [3.05, 3.63) is 69.3 Å². The van der Waals surface area contributed by atoms with E-state index in [1.807, 2.05) is 0 Å². The summed E-state index contributed by atoms with van der Waals surface area (Å²) in [6, 6.07) is 10.9. The zero-order chi connectivity index (χ0) is 18.1. The maximum Gasteiger partial charge on any atom is 0.201 e. The first kappa shape index (κ1) is 19.0. The summed E-state index contributed by atoms with van der Waals surface area (Å²) in [5.74, 6) is 0.526. The van der Waals surface area contributed by atoms with Crippen molar-refractivity contribution in [2.24, 2.45) is 0 Å². The fraction of sp³-hybridized carbons (Fsp3) is 0.429. The van der Waals surface area contributed by atoms with Gasteiger partial charge in [-0.05, 0) is 72.1 Å². The molecule has 0 radical (unpaired) electrons. The Morgan fingerprint density at radius 1 is 0.958 bits per heavy atom. The Hall–Kier alpha value is -1.37. The van der Waals surface area contributed by atoms with Gasteiger partial charge in [-0.25, -0.2) is 0 Å². The fourth-order valence-corrected chi connectivity index (χ4v) is 4.28. The van der Waals surface area contributed by atoms with Crippen LogP contribution in [0.4, 0.5) is 0 Å². The van der Waals surface area contributed by atoms with Gasteiger partial charge in [-0.2, -0.15) is 0 Å². The molecule has 0 saturated carbocycles. The Labute approximate surface area is 146 Å². The van der Waals surface area contributed by atoms with Gasteiger partial charge in [0.05, 0.1) is 0 Å². The molecule has 130 valence electrons. The van der Waals surface area contributed by atoms with E-state index < -0.39 is 7.37 Å². The molecule has 2 rings (SSSR count). The van der Waals surface area contributed by atoms with Gasteiger partial charge in [0.25, 0.3) is 0 Å². The van der Waals surface area contributed by atoms with Gasteiger partial charge in [0.15, 0.2) is 0 Å². The summed E-state index contributed by atoms with van der Waals surface area (Å²) in [7, 11) is -3.03. The van der Waals surface area contributed by atoms with Crippen molar-refractivity contribution in [2.75, 3.05) is 6.66 Å². The van der Waals surface area contributed by atoms with Crippen LogP contribution in [-0.4, -0.2) is 11.6 Å². The van der Waals surface area contributed by atoms with Crippen LogP contribution in [0.15, 0.2) is 30.3 Å².